The first-order chi connectivity index (χ1) is 7.18. The fourth-order valence-electron chi connectivity index (χ4n) is 3.90. The first kappa shape index (κ1) is 10.1. The van der Waals surface area contributed by atoms with E-state index in [9.17, 15) is 0 Å². The second-order valence-electron chi connectivity index (χ2n) is 6.23. The van der Waals surface area contributed by atoms with Gasteiger partial charge in [0.1, 0.15) is 0 Å². The molecule has 0 aromatic heterocycles. The molecular formula is C13H23NO. The summed E-state index contributed by atoms with van der Waals surface area (Å²) in [5, 5.41) is 3.39. The molecule has 86 valence electrons. The highest BCUT2D eigenvalue weighted by atomic mass is 16.5. The Kier molecular flexibility index (Phi) is 2.33. The Morgan fingerprint density at radius 3 is 2.67 bits per heavy atom. The fourth-order valence-corrected chi connectivity index (χ4v) is 3.90. The highest BCUT2D eigenvalue weighted by Crippen LogP contribution is 2.59. The largest absolute Gasteiger partial charge is 0.373 e. The van der Waals surface area contributed by atoms with E-state index in [-0.39, 0.29) is 0 Å². The molecule has 4 aliphatic rings. The highest BCUT2D eigenvalue weighted by molar-refractivity contribution is 5.04. The molecule has 1 N–H and O–H groups in total. The third-order valence-corrected chi connectivity index (χ3v) is 5.18. The highest BCUT2D eigenvalue weighted by Gasteiger charge is 2.55. The summed E-state index contributed by atoms with van der Waals surface area (Å²) in [6, 6.07) is 0. The molecule has 1 heterocycles. The topological polar surface area (TPSA) is 21.3 Å². The summed E-state index contributed by atoms with van der Waals surface area (Å²) in [5.74, 6) is 1.83. The van der Waals surface area contributed by atoms with E-state index in [4.69, 9.17) is 4.74 Å². The maximum absolute atomic E-state index is 6.28. The van der Waals surface area contributed by atoms with Crippen LogP contribution in [-0.4, -0.2) is 25.3 Å². The average Bonchev–Trinajstić information content (AvgIpc) is 2.70. The number of fused-ring (bicyclic) bond motifs is 2. The number of ether oxygens (including phenoxy) is 1. The van der Waals surface area contributed by atoms with Crippen LogP contribution in [0.4, 0.5) is 0 Å². The third-order valence-electron chi connectivity index (χ3n) is 5.18. The van der Waals surface area contributed by atoms with Crippen LogP contribution in [0.3, 0.4) is 0 Å². The Hall–Kier alpha value is -0.0800. The second kappa shape index (κ2) is 3.46. The molecule has 4 unspecified atom stereocenters. The monoisotopic (exact) mass is 209 g/mol. The van der Waals surface area contributed by atoms with Crippen LogP contribution in [0.5, 0.6) is 0 Å². The predicted molar refractivity (Wildman–Crippen MR) is 60.8 cm³/mol. The first-order valence-electron chi connectivity index (χ1n) is 6.54. The van der Waals surface area contributed by atoms with E-state index in [1.54, 1.807) is 0 Å². The van der Waals surface area contributed by atoms with E-state index in [1.165, 1.54) is 25.7 Å². The molecule has 4 fully saturated rings. The molecule has 2 bridgehead atoms. The molecule has 0 aromatic rings. The number of rotatable bonds is 2. The zero-order valence-corrected chi connectivity index (χ0v) is 9.96. The molecule has 1 saturated heterocycles. The minimum atomic E-state index is 0.503. The number of hydrogen-bond acceptors (Lipinski definition) is 2. The quantitative estimate of drug-likeness (QED) is 0.752. The van der Waals surface area contributed by atoms with Gasteiger partial charge in [0.15, 0.2) is 0 Å². The molecule has 0 spiro atoms. The number of hydrogen-bond donors (Lipinski definition) is 1. The van der Waals surface area contributed by atoms with Crippen molar-refractivity contribution in [3.05, 3.63) is 0 Å². The van der Waals surface area contributed by atoms with E-state index in [2.05, 4.69) is 19.2 Å². The zero-order chi connectivity index (χ0) is 10.5. The summed E-state index contributed by atoms with van der Waals surface area (Å²) in [7, 11) is 0. The molecule has 3 saturated carbocycles. The van der Waals surface area contributed by atoms with Crippen molar-refractivity contribution in [1.29, 1.82) is 0 Å². The van der Waals surface area contributed by atoms with E-state index in [1.807, 2.05) is 0 Å². The van der Waals surface area contributed by atoms with E-state index >= 15 is 0 Å². The van der Waals surface area contributed by atoms with Gasteiger partial charge in [0, 0.05) is 6.54 Å². The van der Waals surface area contributed by atoms with Gasteiger partial charge in [-0.2, -0.15) is 0 Å². The van der Waals surface area contributed by atoms with Crippen molar-refractivity contribution in [3.8, 4) is 0 Å². The molecule has 2 heteroatoms. The van der Waals surface area contributed by atoms with Gasteiger partial charge in [-0.1, -0.05) is 13.8 Å². The zero-order valence-electron chi connectivity index (χ0n) is 9.96. The molecule has 0 amide bonds. The van der Waals surface area contributed by atoms with Crippen LogP contribution in [0.15, 0.2) is 0 Å². The van der Waals surface area contributed by atoms with Gasteiger partial charge in [-0.15, -0.1) is 0 Å². The van der Waals surface area contributed by atoms with Crippen molar-refractivity contribution in [2.24, 2.45) is 17.3 Å². The summed E-state index contributed by atoms with van der Waals surface area (Å²) in [6.07, 6.45) is 6.42. The molecule has 4 atom stereocenters. The van der Waals surface area contributed by atoms with Crippen LogP contribution in [0.1, 0.15) is 39.5 Å². The Morgan fingerprint density at radius 1 is 1.20 bits per heavy atom. The Balaban J connectivity index is 1.61. The molecule has 0 radical (unpaired) electrons. The second-order valence-corrected chi connectivity index (χ2v) is 6.23. The molecular weight excluding hydrogens is 186 g/mol. The number of nitrogens with one attached hydrogen (secondary N) is 1. The van der Waals surface area contributed by atoms with Gasteiger partial charge in [0.2, 0.25) is 0 Å². The van der Waals surface area contributed by atoms with Gasteiger partial charge in [0.25, 0.3) is 0 Å². The minimum Gasteiger partial charge on any atom is -0.373 e. The third kappa shape index (κ3) is 1.53. The smallest absolute Gasteiger partial charge is 0.0715 e. The van der Waals surface area contributed by atoms with Gasteiger partial charge < -0.3 is 10.1 Å². The van der Waals surface area contributed by atoms with E-state index in [0.29, 0.717) is 17.6 Å². The molecule has 1 aliphatic heterocycles. The Morgan fingerprint density at radius 2 is 2.07 bits per heavy atom. The summed E-state index contributed by atoms with van der Waals surface area (Å²) in [6.45, 7) is 7.10. The molecule has 2 nitrogen and oxygen atoms in total. The van der Waals surface area contributed by atoms with Gasteiger partial charge in [-0.3, -0.25) is 0 Å². The van der Waals surface area contributed by atoms with Crippen LogP contribution in [0.2, 0.25) is 0 Å². The van der Waals surface area contributed by atoms with E-state index < -0.39 is 0 Å². The summed E-state index contributed by atoms with van der Waals surface area (Å²) < 4.78 is 6.28. The van der Waals surface area contributed by atoms with Gasteiger partial charge >= 0.3 is 0 Å². The molecule has 0 aromatic carbocycles. The van der Waals surface area contributed by atoms with Crippen molar-refractivity contribution < 1.29 is 4.74 Å². The summed E-state index contributed by atoms with van der Waals surface area (Å²) in [4.78, 5) is 0. The van der Waals surface area contributed by atoms with Gasteiger partial charge in [-0.05, 0) is 49.5 Å². The van der Waals surface area contributed by atoms with Gasteiger partial charge in [-0.25, -0.2) is 0 Å². The lowest BCUT2D eigenvalue weighted by Gasteiger charge is -2.60. The van der Waals surface area contributed by atoms with Crippen LogP contribution >= 0.6 is 0 Å². The van der Waals surface area contributed by atoms with Crippen molar-refractivity contribution in [2.45, 2.75) is 51.7 Å². The Labute approximate surface area is 92.8 Å². The SMILES string of the molecule is CC1(C)C2CCC(OC3CCNC3)C1C2. The average molecular weight is 209 g/mol. The maximum Gasteiger partial charge on any atom is 0.0715 e. The van der Waals surface area contributed by atoms with Crippen molar-refractivity contribution in [1.82, 2.24) is 5.32 Å². The van der Waals surface area contributed by atoms with Crippen LogP contribution in [-0.2, 0) is 4.74 Å². The Bertz CT molecular complexity index is 243. The van der Waals surface area contributed by atoms with Crippen LogP contribution in [0, 0.1) is 17.3 Å². The summed E-state index contributed by atoms with van der Waals surface area (Å²) in [5.41, 5.74) is 0.564. The minimum absolute atomic E-state index is 0.503. The lowest BCUT2D eigenvalue weighted by atomic mass is 9.48. The maximum atomic E-state index is 6.28. The molecule has 15 heavy (non-hydrogen) atoms. The first-order valence-corrected chi connectivity index (χ1v) is 6.54. The predicted octanol–water partition coefficient (Wildman–Crippen LogP) is 2.19. The molecule has 3 aliphatic carbocycles. The summed E-state index contributed by atoms with van der Waals surface area (Å²) >= 11 is 0. The lowest BCUT2D eigenvalue weighted by molar-refractivity contribution is -0.176. The van der Waals surface area contributed by atoms with Crippen LogP contribution in [0.25, 0.3) is 0 Å². The lowest BCUT2D eigenvalue weighted by Crippen LogP contribution is -2.56. The molecule has 4 rings (SSSR count). The van der Waals surface area contributed by atoms with Crippen molar-refractivity contribution >= 4 is 0 Å². The normalized spacial score (nSPS) is 47.6. The van der Waals surface area contributed by atoms with E-state index in [0.717, 1.165) is 24.9 Å². The standard InChI is InChI=1S/C13H23NO/c1-13(2)9-3-4-12(11(13)7-9)15-10-5-6-14-8-10/h9-12,14H,3-8H2,1-2H3. The van der Waals surface area contributed by atoms with Crippen LogP contribution < -0.4 is 5.32 Å². The van der Waals surface area contributed by atoms with Crippen molar-refractivity contribution in [3.63, 3.8) is 0 Å². The van der Waals surface area contributed by atoms with Crippen molar-refractivity contribution in [2.75, 3.05) is 13.1 Å². The van der Waals surface area contributed by atoms with Gasteiger partial charge in [0.05, 0.1) is 12.2 Å². The fraction of sp³-hybridized carbons (Fsp3) is 1.00.